The van der Waals surface area contributed by atoms with Crippen LogP contribution < -0.4 is 44.9 Å². The van der Waals surface area contributed by atoms with Crippen molar-refractivity contribution in [3.8, 4) is 11.5 Å². The molecule has 0 saturated carbocycles. The molecular weight excluding hydrogens is 405 g/mol. The number of carbonyl (C=O) groups excluding carboxylic acids is 1. The molecule has 1 fully saturated rings. The minimum Gasteiger partial charge on any atom is -1.00 e. The lowest BCUT2D eigenvalue weighted by molar-refractivity contribution is -0.906. The van der Waals surface area contributed by atoms with Crippen LogP contribution in [0.1, 0.15) is 26.2 Å². The van der Waals surface area contributed by atoms with E-state index in [-0.39, 0.29) is 48.3 Å². The lowest BCUT2D eigenvalue weighted by Crippen LogP contribution is -3.16. The van der Waals surface area contributed by atoms with Crippen LogP contribution in [0.3, 0.4) is 0 Å². The molecule has 2 aliphatic heterocycles. The number of amides is 1. The number of fused-ring (bicyclic) bond motifs is 1. The molecule has 6 N–H and O–H groups in total. The third-order valence-corrected chi connectivity index (χ3v) is 5.12. The number of hydrogen-bond acceptors (Lipinski definition) is 3. The van der Waals surface area contributed by atoms with E-state index in [9.17, 15) is 4.79 Å². The number of rotatable bonds is 6. The molecule has 2 atom stereocenters. The number of hydrogen-bond donors (Lipinski definition) is 2. The molecule has 1 amide bonds. The number of ether oxygens (including phenoxy) is 2. The second kappa shape index (κ2) is 13.1. The molecule has 28 heavy (non-hydrogen) atoms. The van der Waals surface area contributed by atoms with E-state index < -0.39 is 0 Å². The number of quaternary nitrogens is 2. The predicted molar refractivity (Wildman–Crippen MR) is 98.3 cm³/mol. The van der Waals surface area contributed by atoms with Gasteiger partial charge in [0.25, 0.3) is 5.91 Å². The molecule has 9 heteroatoms. The van der Waals surface area contributed by atoms with Crippen LogP contribution in [0.25, 0.3) is 0 Å². The van der Waals surface area contributed by atoms with E-state index >= 15 is 0 Å². The quantitative estimate of drug-likeness (QED) is 0.462. The zero-order valence-corrected chi connectivity index (χ0v) is 18.0. The first-order valence-electron chi connectivity index (χ1n) is 9.51. The minimum absolute atomic E-state index is 0. The van der Waals surface area contributed by atoms with Gasteiger partial charge in [0.05, 0.1) is 26.2 Å². The summed E-state index contributed by atoms with van der Waals surface area (Å²) < 4.78 is 11.8. The molecular formula is C19H33Cl2N3O4. The van der Waals surface area contributed by atoms with E-state index in [1.807, 2.05) is 29.2 Å². The fraction of sp³-hybridized carbons (Fsp3) is 0.632. The summed E-state index contributed by atoms with van der Waals surface area (Å²) in [6, 6.07) is 7.73. The largest absolute Gasteiger partial charge is 1.00 e. The Morgan fingerprint density at radius 2 is 1.89 bits per heavy atom. The summed E-state index contributed by atoms with van der Waals surface area (Å²) in [5, 5.41) is 0. The summed E-state index contributed by atoms with van der Waals surface area (Å²) in [6.07, 6.45) is 3.17. The second-order valence-electron chi connectivity index (χ2n) is 7.12. The summed E-state index contributed by atoms with van der Waals surface area (Å²) in [4.78, 5) is 15.9. The van der Waals surface area contributed by atoms with Gasteiger partial charge in [-0.25, -0.2) is 0 Å². The summed E-state index contributed by atoms with van der Waals surface area (Å²) >= 11 is 0. The van der Waals surface area contributed by atoms with Crippen molar-refractivity contribution >= 4 is 5.91 Å². The van der Waals surface area contributed by atoms with Crippen LogP contribution in [0, 0.1) is 0 Å². The highest BCUT2D eigenvalue weighted by Crippen LogP contribution is 2.30. The number of halogens is 2. The Morgan fingerprint density at radius 3 is 2.54 bits per heavy atom. The molecule has 0 radical (unpaired) electrons. The Labute approximate surface area is 179 Å². The van der Waals surface area contributed by atoms with Crippen molar-refractivity contribution in [1.29, 1.82) is 0 Å². The first kappa shape index (κ1) is 26.8. The number of nitrogens with zero attached hydrogens (tertiary/aromatic N) is 1. The number of nitrogens with one attached hydrogen (secondary N) is 1. The molecule has 3 rings (SSSR count). The van der Waals surface area contributed by atoms with Crippen LogP contribution in [0.4, 0.5) is 0 Å². The van der Waals surface area contributed by atoms with Crippen molar-refractivity contribution in [2.75, 3.05) is 39.3 Å². The van der Waals surface area contributed by atoms with E-state index in [4.69, 9.17) is 9.47 Å². The van der Waals surface area contributed by atoms with E-state index in [1.165, 1.54) is 4.90 Å². The van der Waals surface area contributed by atoms with Gasteiger partial charge in [0, 0.05) is 6.42 Å². The van der Waals surface area contributed by atoms with Crippen molar-refractivity contribution in [2.45, 2.75) is 38.3 Å². The van der Waals surface area contributed by atoms with Crippen molar-refractivity contribution in [2.24, 2.45) is 0 Å². The molecule has 162 valence electrons. The fourth-order valence-corrected chi connectivity index (χ4v) is 3.57. The molecule has 2 unspecified atom stereocenters. The number of unbranched alkanes of at least 4 members (excludes halogenated alkanes) is 1. The van der Waals surface area contributed by atoms with Gasteiger partial charge in [-0.15, -0.1) is 0 Å². The Kier molecular flexibility index (Phi) is 12.5. The molecule has 1 aromatic rings. The van der Waals surface area contributed by atoms with Gasteiger partial charge in [0.15, 0.2) is 23.6 Å². The van der Waals surface area contributed by atoms with Crippen molar-refractivity contribution < 1.29 is 55.2 Å². The second-order valence-corrected chi connectivity index (χ2v) is 7.12. The Bertz CT molecular complexity index is 586. The first-order chi connectivity index (χ1) is 12.2. The summed E-state index contributed by atoms with van der Waals surface area (Å²) in [5.74, 6) is 1.89. The molecule has 0 aliphatic carbocycles. The highest BCUT2D eigenvalue weighted by atomic mass is 35.5. The van der Waals surface area contributed by atoms with Crippen LogP contribution in [0.5, 0.6) is 11.5 Å². The Hall–Kier alpha value is -1.25. The van der Waals surface area contributed by atoms with Gasteiger partial charge in [-0.2, -0.15) is 0 Å². The number of para-hydroxylation sites is 2. The maximum absolute atomic E-state index is 12.4. The maximum Gasteiger partial charge on any atom is 0.281 e. The zero-order chi connectivity index (χ0) is 17.6. The highest BCUT2D eigenvalue weighted by Gasteiger charge is 2.31. The summed E-state index contributed by atoms with van der Waals surface area (Å²) in [7, 11) is 0. The van der Waals surface area contributed by atoms with Crippen LogP contribution >= 0.6 is 0 Å². The number of piperazine rings is 1. The lowest BCUT2D eigenvalue weighted by atomic mass is 10.1. The predicted octanol–water partition coefficient (Wildman–Crippen LogP) is -7.46. The smallest absolute Gasteiger partial charge is 0.281 e. The van der Waals surface area contributed by atoms with E-state index in [2.05, 4.69) is 12.7 Å². The molecule has 0 spiro atoms. The molecule has 0 bridgehead atoms. The van der Waals surface area contributed by atoms with E-state index in [0.717, 1.165) is 63.5 Å². The van der Waals surface area contributed by atoms with E-state index in [1.54, 1.807) is 0 Å². The topological polar surface area (TPSA) is 102 Å². The number of carbonyl (C=O) groups is 1. The monoisotopic (exact) mass is 437 g/mol. The van der Waals surface area contributed by atoms with Gasteiger partial charge in [-0.3, -0.25) is 4.79 Å². The van der Waals surface area contributed by atoms with Crippen LogP contribution in [0.15, 0.2) is 24.3 Å². The standard InChI is InChI=1S/C19H29N3O3.2ClH.H2O/c1-2-3-6-16(20)19(23)22-11-9-21(10-12-22)13-15-14-24-17-7-4-5-8-18(17)25-15;;;/h4-5,7-8,15-16H,2-3,6,9-14,20H2,1H3;2*1H;1H2. The summed E-state index contributed by atoms with van der Waals surface area (Å²) in [5.41, 5.74) is 4.05. The average molecular weight is 438 g/mol. The molecule has 2 aliphatic rings. The van der Waals surface area contributed by atoms with Gasteiger partial charge in [-0.05, 0) is 18.6 Å². The molecule has 1 saturated heterocycles. The maximum atomic E-state index is 12.4. The molecule has 1 aromatic carbocycles. The van der Waals surface area contributed by atoms with Crippen LogP contribution in [-0.2, 0) is 4.79 Å². The number of benzene rings is 1. The van der Waals surface area contributed by atoms with Gasteiger partial charge < -0.3 is 55.3 Å². The van der Waals surface area contributed by atoms with Crippen molar-refractivity contribution in [3.05, 3.63) is 24.3 Å². The van der Waals surface area contributed by atoms with Gasteiger partial charge in [0.1, 0.15) is 13.2 Å². The van der Waals surface area contributed by atoms with Gasteiger partial charge >= 0.3 is 0 Å². The van der Waals surface area contributed by atoms with Crippen LogP contribution in [0.2, 0.25) is 0 Å². The van der Waals surface area contributed by atoms with Crippen LogP contribution in [-0.4, -0.2) is 67.8 Å². The fourth-order valence-electron chi connectivity index (χ4n) is 3.57. The molecule has 7 nitrogen and oxygen atoms in total. The molecule has 2 heterocycles. The third-order valence-electron chi connectivity index (χ3n) is 5.12. The Morgan fingerprint density at radius 1 is 1.25 bits per heavy atom. The van der Waals surface area contributed by atoms with E-state index in [0.29, 0.717) is 6.61 Å². The van der Waals surface area contributed by atoms with Crippen molar-refractivity contribution in [3.63, 3.8) is 0 Å². The zero-order valence-electron chi connectivity index (χ0n) is 16.5. The van der Waals surface area contributed by atoms with Crippen molar-refractivity contribution in [1.82, 2.24) is 4.90 Å². The first-order valence-corrected chi connectivity index (χ1v) is 9.51. The summed E-state index contributed by atoms with van der Waals surface area (Å²) in [6.45, 7) is 7.23. The lowest BCUT2D eigenvalue weighted by Gasteiger charge is -2.35. The highest BCUT2D eigenvalue weighted by molar-refractivity contribution is 5.80. The third kappa shape index (κ3) is 6.97. The van der Waals surface area contributed by atoms with Gasteiger partial charge in [0.2, 0.25) is 0 Å². The Balaban J connectivity index is 0.00000243. The molecule has 0 aromatic heterocycles. The normalized spacial score (nSPS) is 19.5. The minimum atomic E-state index is -0.0897. The average Bonchev–Trinajstić information content (AvgIpc) is 2.66. The SMILES string of the molecule is CCCCC([NH3+])C(=O)N1CC[NH+](CC2COc3ccccc3O2)CC1.O.[Cl-].[Cl-]. The van der Waals surface area contributed by atoms with Gasteiger partial charge in [-0.1, -0.05) is 25.5 Å².